The van der Waals surface area contributed by atoms with Gasteiger partial charge in [-0.15, -0.1) is 0 Å². The van der Waals surface area contributed by atoms with Gasteiger partial charge in [0.1, 0.15) is 5.54 Å². The molecule has 0 bridgehead atoms. The summed E-state index contributed by atoms with van der Waals surface area (Å²) in [5.41, 5.74) is 7.99. The first-order valence-corrected chi connectivity index (χ1v) is 7.70. The second-order valence-corrected chi connectivity index (χ2v) is 6.16. The van der Waals surface area contributed by atoms with Crippen molar-refractivity contribution in [1.82, 2.24) is 5.32 Å². The van der Waals surface area contributed by atoms with Crippen molar-refractivity contribution < 1.29 is 0 Å². The minimum atomic E-state index is -0.827. The smallest absolute Gasteiger partial charge is 0.110 e. The van der Waals surface area contributed by atoms with Crippen molar-refractivity contribution in [1.29, 1.82) is 5.26 Å². The number of hydrogen-bond acceptors (Lipinski definition) is 3. The average Bonchev–Trinajstić information content (AvgIpc) is 2.59. The van der Waals surface area contributed by atoms with Gasteiger partial charge >= 0.3 is 0 Å². The third kappa shape index (κ3) is 2.64. The monoisotopic (exact) mass is 291 g/mol. The highest BCUT2D eigenvalue weighted by Gasteiger charge is 2.45. The fourth-order valence-corrected chi connectivity index (χ4v) is 3.33. The summed E-state index contributed by atoms with van der Waals surface area (Å²) >= 11 is 0. The molecule has 3 N–H and O–H groups in total. The molecule has 0 saturated carbocycles. The van der Waals surface area contributed by atoms with Gasteiger partial charge in [-0.25, -0.2) is 0 Å². The fraction of sp³-hybridized carbons (Fsp3) is 0.316. The van der Waals surface area contributed by atoms with Gasteiger partial charge in [-0.2, -0.15) is 5.26 Å². The van der Waals surface area contributed by atoms with E-state index in [1.807, 2.05) is 36.4 Å². The van der Waals surface area contributed by atoms with Gasteiger partial charge in [-0.3, -0.25) is 0 Å². The van der Waals surface area contributed by atoms with Gasteiger partial charge in [-0.05, 0) is 17.5 Å². The van der Waals surface area contributed by atoms with E-state index in [-0.39, 0.29) is 18.0 Å². The first kappa shape index (κ1) is 14.8. The molecule has 3 heteroatoms. The van der Waals surface area contributed by atoms with Gasteiger partial charge in [0.25, 0.3) is 0 Å². The Balaban J connectivity index is 1.98. The van der Waals surface area contributed by atoms with Crippen LogP contribution < -0.4 is 11.1 Å². The average molecular weight is 291 g/mol. The van der Waals surface area contributed by atoms with Crippen molar-refractivity contribution in [3.63, 3.8) is 0 Å². The normalized spacial score (nSPS) is 31.4. The third-order valence-corrected chi connectivity index (χ3v) is 4.80. The molecule has 1 aliphatic heterocycles. The fourth-order valence-electron chi connectivity index (χ4n) is 3.33. The summed E-state index contributed by atoms with van der Waals surface area (Å²) in [5, 5.41) is 13.3. The Morgan fingerprint density at radius 1 is 1.05 bits per heavy atom. The lowest BCUT2D eigenvalue weighted by Crippen LogP contribution is -2.56. The molecule has 4 atom stereocenters. The molecular formula is C19H21N3. The van der Waals surface area contributed by atoms with E-state index in [0.717, 1.165) is 0 Å². The number of nitrogens with one attached hydrogen (secondary N) is 1. The zero-order valence-corrected chi connectivity index (χ0v) is 12.7. The Morgan fingerprint density at radius 3 is 2.14 bits per heavy atom. The molecule has 3 rings (SSSR count). The summed E-state index contributed by atoms with van der Waals surface area (Å²) in [4.78, 5) is 0. The number of nitrogens with zero attached hydrogens (tertiary/aromatic N) is 1. The van der Waals surface area contributed by atoms with E-state index >= 15 is 0 Å². The van der Waals surface area contributed by atoms with E-state index in [0.29, 0.717) is 6.42 Å². The molecule has 2 aromatic rings. The Labute approximate surface area is 131 Å². The highest BCUT2D eigenvalue weighted by Crippen LogP contribution is 2.41. The summed E-state index contributed by atoms with van der Waals surface area (Å²) in [6.45, 7) is 2.06. The van der Waals surface area contributed by atoms with Crippen LogP contribution in [0.3, 0.4) is 0 Å². The molecule has 1 saturated heterocycles. The third-order valence-electron chi connectivity index (χ3n) is 4.80. The highest BCUT2D eigenvalue weighted by molar-refractivity contribution is 5.29. The van der Waals surface area contributed by atoms with E-state index < -0.39 is 5.54 Å². The Kier molecular flexibility index (Phi) is 3.98. The maximum Gasteiger partial charge on any atom is 0.110 e. The van der Waals surface area contributed by atoms with Crippen molar-refractivity contribution in [3.05, 3.63) is 71.8 Å². The van der Waals surface area contributed by atoms with Gasteiger partial charge in [-0.1, -0.05) is 67.6 Å². The van der Waals surface area contributed by atoms with Crippen LogP contribution in [0.1, 0.15) is 36.6 Å². The van der Waals surface area contributed by atoms with Crippen molar-refractivity contribution >= 4 is 0 Å². The number of benzene rings is 2. The Bertz CT molecular complexity index is 662. The van der Waals surface area contributed by atoms with Gasteiger partial charge in [0, 0.05) is 18.0 Å². The van der Waals surface area contributed by atoms with Crippen LogP contribution in [0.4, 0.5) is 0 Å². The van der Waals surface area contributed by atoms with Crippen LogP contribution in [-0.2, 0) is 0 Å². The summed E-state index contributed by atoms with van der Waals surface area (Å²) in [6.07, 6.45) is 0.623. The summed E-state index contributed by atoms with van der Waals surface area (Å²) in [5.74, 6) is 0.0415. The second kappa shape index (κ2) is 5.92. The number of nitrogens with two attached hydrogens (primary N) is 1. The number of hydrogen-bond donors (Lipinski definition) is 2. The standard InChI is InChI=1S/C19H21N3/c1-14-18(16-10-6-3-7-11-16)22-17(12-19(14,21)13-20)15-8-4-2-5-9-15/h2-11,14,17-18,22H,12,21H2,1H3/t14-,17+,18-,19+/m1/s1. The van der Waals surface area contributed by atoms with Crippen LogP contribution in [0.5, 0.6) is 0 Å². The first-order valence-electron chi connectivity index (χ1n) is 7.70. The van der Waals surface area contributed by atoms with E-state index in [2.05, 4.69) is 42.6 Å². The molecule has 3 nitrogen and oxygen atoms in total. The molecule has 22 heavy (non-hydrogen) atoms. The quantitative estimate of drug-likeness (QED) is 0.892. The summed E-state index contributed by atoms with van der Waals surface area (Å²) < 4.78 is 0. The van der Waals surface area contributed by atoms with Crippen LogP contribution in [0, 0.1) is 17.2 Å². The van der Waals surface area contributed by atoms with E-state index in [1.165, 1.54) is 11.1 Å². The van der Waals surface area contributed by atoms with Gasteiger partial charge in [0.05, 0.1) is 6.07 Å². The Morgan fingerprint density at radius 2 is 1.59 bits per heavy atom. The van der Waals surface area contributed by atoms with Crippen molar-refractivity contribution in [2.24, 2.45) is 11.7 Å². The highest BCUT2D eigenvalue weighted by atomic mass is 15.0. The van der Waals surface area contributed by atoms with E-state index in [1.54, 1.807) is 0 Å². The lowest BCUT2D eigenvalue weighted by molar-refractivity contribution is 0.170. The van der Waals surface area contributed by atoms with Gasteiger partial charge < -0.3 is 11.1 Å². The first-order chi connectivity index (χ1) is 10.6. The molecule has 0 amide bonds. The lowest BCUT2D eigenvalue weighted by Gasteiger charge is -2.45. The van der Waals surface area contributed by atoms with Crippen molar-refractivity contribution in [3.8, 4) is 6.07 Å². The van der Waals surface area contributed by atoms with Crippen LogP contribution >= 0.6 is 0 Å². The molecule has 1 fully saturated rings. The lowest BCUT2D eigenvalue weighted by atomic mass is 9.71. The van der Waals surface area contributed by atoms with Gasteiger partial charge in [0.2, 0.25) is 0 Å². The minimum absolute atomic E-state index is 0.0415. The maximum absolute atomic E-state index is 9.65. The molecule has 112 valence electrons. The molecule has 1 aliphatic rings. The topological polar surface area (TPSA) is 61.8 Å². The van der Waals surface area contributed by atoms with E-state index in [9.17, 15) is 5.26 Å². The second-order valence-electron chi connectivity index (χ2n) is 6.16. The molecule has 2 aromatic carbocycles. The minimum Gasteiger partial charge on any atom is -0.313 e. The predicted molar refractivity (Wildman–Crippen MR) is 87.8 cm³/mol. The molecule has 0 unspecified atom stereocenters. The molecule has 0 spiro atoms. The van der Waals surface area contributed by atoms with Crippen LogP contribution in [0.25, 0.3) is 0 Å². The van der Waals surface area contributed by atoms with Gasteiger partial charge in [0.15, 0.2) is 0 Å². The summed E-state index contributed by atoms with van der Waals surface area (Å²) in [7, 11) is 0. The molecule has 0 aromatic heterocycles. The number of rotatable bonds is 2. The summed E-state index contributed by atoms with van der Waals surface area (Å²) in [6, 6.07) is 23.0. The van der Waals surface area contributed by atoms with Crippen LogP contribution in [0.2, 0.25) is 0 Å². The van der Waals surface area contributed by atoms with Crippen LogP contribution in [0.15, 0.2) is 60.7 Å². The Hall–Kier alpha value is -2.15. The molecular weight excluding hydrogens is 270 g/mol. The zero-order valence-electron chi connectivity index (χ0n) is 12.7. The maximum atomic E-state index is 9.65. The zero-order chi connectivity index (χ0) is 15.6. The number of nitriles is 1. The molecule has 0 aliphatic carbocycles. The number of piperidine rings is 1. The van der Waals surface area contributed by atoms with E-state index in [4.69, 9.17) is 5.73 Å². The predicted octanol–water partition coefficient (Wildman–Crippen LogP) is 3.32. The van der Waals surface area contributed by atoms with Crippen LogP contribution in [-0.4, -0.2) is 5.54 Å². The SMILES string of the molecule is C[C@@H]1[C@H](c2ccccc2)N[C@H](c2ccccc2)C[C@]1(N)C#N. The van der Waals surface area contributed by atoms with Crippen molar-refractivity contribution in [2.45, 2.75) is 31.0 Å². The van der Waals surface area contributed by atoms with Crippen molar-refractivity contribution in [2.75, 3.05) is 0 Å². The largest absolute Gasteiger partial charge is 0.313 e. The molecule has 1 heterocycles. The molecule has 0 radical (unpaired) electrons.